The molecule has 0 radical (unpaired) electrons. The first-order valence-electron chi connectivity index (χ1n) is 7.05. The summed E-state index contributed by atoms with van der Waals surface area (Å²) in [6.07, 6.45) is 5.66. The number of aromatic nitrogens is 1. The molecule has 0 bridgehead atoms. The molecule has 18 heavy (non-hydrogen) atoms. The zero-order valence-electron chi connectivity index (χ0n) is 10.9. The summed E-state index contributed by atoms with van der Waals surface area (Å²) < 4.78 is 7.95. The Balaban J connectivity index is 1.95. The largest absolute Gasteiger partial charge is 0.371 e. The summed E-state index contributed by atoms with van der Waals surface area (Å²) in [7, 11) is 0. The van der Waals surface area contributed by atoms with Gasteiger partial charge in [0.2, 0.25) is 0 Å². The number of aryl methyl sites for hydroxylation is 2. The van der Waals surface area contributed by atoms with E-state index in [1.807, 2.05) is 0 Å². The smallest absolute Gasteiger partial charge is 0.0988 e. The Morgan fingerprint density at radius 1 is 1.28 bits per heavy atom. The summed E-state index contributed by atoms with van der Waals surface area (Å²) in [5.41, 5.74) is 5.98. The summed E-state index contributed by atoms with van der Waals surface area (Å²) in [4.78, 5) is 0. The number of nitrogens with zero attached hydrogens (tertiary/aromatic N) is 1. The van der Waals surface area contributed by atoms with Crippen LogP contribution in [0.1, 0.15) is 29.7 Å². The molecule has 4 rings (SSSR count). The minimum Gasteiger partial charge on any atom is -0.371 e. The molecule has 1 atom stereocenters. The lowest BCUT2D eigenvalue weighted by molar-refractivity contribution is 0.382. The van der Waals surface area contributed by atoms with Crippen molar-refractivity contribution in [3.63, 3.8) is 0 Å². The Hall–Kier alpha value is -1.28. The topological polar surface area (TPSA) is 17.5 Å². The maximum atomic E-state index is 5.42. The van der Waals surface area contributed by atoms with E-state index in [0.717, 1.165) is 13.2 Å². The second-order valence-electron chi connectivity index (χ2n) is 5.72. The summed E-state index contributed by atoms with van der Waals surface area (Å²) in [6.45, 7) is 4.19. The molecular weight excluding hydrogens is 222 g/mol. The van der Waals surface area contributed by atoms with Gasteiger partial charge in [0.05, 0.1) is 19.3 Å². The highest BCUT2D eigenvalue weighted by Crippen LogP contribution is 2.33. The Morgan fingerprint density at radius 2 is 2.11 bits per heavy atom. The average molecular weight is 241 g/mol. The number of rotatable bonds is 2. The minimum atomic E-state index is 0.466. The monoisotopic (exact) mass is 241 g/mol. The molecule has 0 amide bonds. The van der Waals surface area contributed by atoms with Gasteiger partial charge in [-0.2, -0.15) is 0 Å². The lowest BCUT2D eigenvalue weighted by atomic mass is 9.95. The summed E-state index contributed by atoms with van der Waals surface area (Å²) >= 11 is 0. The van der Waals surface area contributed by atoms with Crippen molar-refractivity contribution in [2.24, 2.45) is 0 Å². The van der Waals surface area contributed by atoms with Crippen LogP contribution in [0, 0.1) is 6.92 Å². The first-order valence-corrected chi connectivity index (χ1v) is 7.05. The zero-order valence-corrected chi connectivity index (χ0v) is 10.9. The van der Waals surface area contributed by atoms with E-state index in [2.05, 4.69) is 29.7 Å². The SMILES string of the molecule is Cc1ccc2c(c1)c1c(n2CC2CO2)CCCC1. The van der Waals surface area contributed by atoms with Crippen LogP contribution in [0.15, 0.2) is 18.2 Å². The van der Waals surface area contributed by atoms with Crippen LogP contribution in [0.5, 0.6) is 0 Å². The molecule has 0 saturated carbocycles. The number of ether oxygens (including phenoxy) is 1. The first kappa shape index (κ1) is 10.6. The van der Waals surface area contributed by atoms with Crippen molar-refractivity contribution in [1.29, 1.82) is 0 Å². The van der Waals surface area contributed by atoms with Gasteiger partial charge in [0, 0.05) is 16.6 Å². The van der Waals surface area contributed by atoms with E-state index in [9.17, 15) is 0 Å². The number of benzene rings is 1. The van der Waals surface area contributed by atoms with Gasteiger partial charge >= 0.3 is 0 Å². The normalized spacial score (nSPS) is 22.2. The molecule has 2 heterocycles. The summed E-state index contributed by atoms with van der Waals surface area (Å²) in [5, 5.41) is 1.49. The van der Waals surface area contributed by atoms with Gasteiger partial charge in [-0.05, 0) is 50.3 Å². The lowest BCUT2D eigenvalue weighted by Crippen LogP contribution is -2.11. The Kier molecular flexibility index (Phi) is 2.28. The van der Waals surface area contributed by atoms with Gasteiger partial charge in [-0.3, -0.25) is 0 Å². The van der Waals surface area contributed by atoms with Crippen LogP contribution in [-0.2, 0) is 24.1 Å². The second kappa shape index (κ2) is 3.86. The fourth-order valence-electron chi connectivity index (χ4n) is 3.34. The first-order chi connectivity index (χ1) is 8.83. The molecule has 1 aromatic heterocycles. The van der Waals surface area contributed by atoms with Crippen molar-refractivity contribution in [2.45, 2.75) is 45.3 Å². The molecule has 2 aliphatic rings. The van der Waals surface area contributed by atoms with Crippen LogP contribution in [0.4, 0.5) is 0 Å². The van der Waals surface area contributed by atoms with E-state index in [4.69, 9.17) is 4.74 Å². The average Bonchev–Trinajstić information content (AvgIpc) is 3.15. The quantitative estimate of drug-likeness (QED) is 0.738. The Labute approximate surface area is 108 Å². The molecule has 2 heteroatoms. The van der Waals surface area contributed by atoms with Crippen molar-refractivity contribution in [1.82, 2.24) is 4.57 Å². The van der Waals surface area contributed by atoms with Crippen LogP contribution < -0.4 is 0 Å². The van der Waals surface area contributed by atoms with E-state index in [1.54, 1.807) is 11.3 Å². The summed E-state index contributed by atoms with van der Waals surface area (Å²) in [6, 6.07) is 6.90. The van der Waals surface area contributed by atoms with Gasteiger partial charge < -0.3 is 9.30 Å². The molecule has 0 N–H and O–H groups in total. The Bertz CT molecular complexity index is 607. The molecule has 1 aliphatic heterocycles. The molecule has 1 unspecified atom stereocenters. The van der Waals surface area contributed by atoms with Crippen LogP contribution in [-0.4, -0.2) is 17.3 Å². The molecule has 1 aliphatic carbocycles. The van der Waals surface area contributed by atoms with Crippen LogP contribution in [0.3, 0.4) is 0 Å². The van der Waals surface area contributed by atoms with Crippen LogP contribution >= 0.6 is 0 Å². The van der Waals surface area contributed by atoms with Crippen molar-refractivity contribution < 1.29 is 4.74 Å². The van der Waals surface area contributed by atoms with Gasteiger partial charge in [0.25, 0.3) is 0 Å². The van der Waals surface area contributed by atoms with E-state index in [1.165, 1.54) is 42.1 Å². The van der Waals surface area contributed by atoms with Gasteiger partial charge in [0.15, 0.2) is 0 Å². The summed E-state index contributed by atoms with van der Waals surface area (Å²) in [5.74, 6) is 0. The van der Waals surface area contributed by atoms with Gasteiger partial charge in [-0.15, -0.1) is 0 Å². The number of hydrogen-bond acceptors (Lipinski definition) is 1. The third kappa shape index (κ3) is 1.59. The third-order valence-corrected chi connectivity index (χ3v) is 4.32. The highest BCUT2D eigenvalue weighted by Gasteiger charge is 2.27. The number of hydrogen-bond donors (Lipinski definition) is 0. The van der Waals surface area contributed by atoms with Gasteiger partial charge in [0.1, 0.15) is 0 Å². The van der Waals surface area contributed by atoms with E-state index < -0.39 is 0 Å². The second-order valence-corrected chi connectivity index (χ2v) is 5.72. The van der Waals surface area contributed by atoms with Crippen molar-refractivity contribution >= 4 is 10.9 Å². The number of epoxide rings is 1. The van der Waals surface area contributed by atoms with Gasteiger partial charge in [-0.1, -0.05) is 11.6 Å². The molecule has 0 spiro atoms. The lowest BCUT2D eigenvalue weighted by Gasteiger charge is -2.15. The van der Waals surface area contributed by atoms with E-state index in [0.29, 0.717) is 6.10 Å². The fourth-order valence-corrected chi connectivity index (χ4v) is 3.34. The predicted molar refractivity (Wildman–Crippen MR) is 73.1 cm³/mol. The standard InChI is InChI=1S/C16H19NO/c1-11-6-7-16-14(8-11)13-4-2-3-5-15(13)17(16)9-12-10-18-12/h6-8,12H,2-5,9-10H2,1H3. The number of fused-ring (bicyclic) bond motifs is 3. The van der Waals surface area contributed by atoms with Crippen LogP contribution in [0.25, 0.3) is 10.9 Å². The maximum Gasteiger partial charge on any atom is 0.0988 e. The fraction of sp³-hybridized carbons (Fsp3) is 0.500. The van der Waals surface area contributed by atoms with Crippen molar-refractivity contribution in [2.75, 3.05) is 6.61 Å². The van der Waals surface area contributed by atoms with Crippen molar-refractivity contribution in [3.8, 4) is 0 Å². The zero-order chi connectivity index (χ0) is 12.1. The predicted octanol–water partition coefficient (Wildman–Crippen LogP) is 3.23. The van der Waals surface area contributed by atoms with E-state index in [-0.39, 0.29) is 0 Å². The molecule has 94 valence electrons. The minimum absolute atomic E-state index is 0.466. The molecule has 1 saturated heterocycles. The van der Waals surface area contributed by atoms with Crippen molar-refractivity contribution in [3.05, 3.63) is 35.0 Å². The molecule has 1 aromatic carbocycles. The highest BCUT2D eigenvalue weighted by molar-refractivity contribution is 5.86. The third-order valence-electron chi connectivity index (χ3n) is 4.32. The van der Waals surface area contributed by atoms with Crippen LogP contribution in [0.2, 0.25) is 0 Å². The van der Waals surface area contributed by atoms with Gasteiger partial charge in [-0.25, -0.2) is 0 Å². The Morgan fingerprint density at radius 3 is 2.94 bits per heavy atom. The van der Waals surface area contributed by atoms with E-state index >= 15 is 0 Å². The highest BCUT2D eigenvalue weighted by atomic mass is 16.6. The molecule has 1 fully saturated rings. The molecular formula is C16H19NO. The molecule has 2 nitrogen and oxygen atoms in total. The maximum absolute atomic E-state index is 5.42. The molecule has 2 aromatic rings.